The molecule has 2 fully saturated rings. The summed E-state index contributed by atoms with van der Waals surface area (Å²) in [6, 6.07) is 0. The normalized spacial score (nSPS) is 34.8. The Hall–Kier alpha value is -0.610. The monoisotopic (exact) mass is 269 g/mol. The fourth-order valence-electron chi connectivity index (χ4n) is 3.32. The third kappa shape index (κ3) is 3.48. The van der Waals surface area contributed by atoms with E-state index in [2.05, 4.69) is 26.1 Å². The van der Waals surface area contributed by atoms with Gasteiger partial charge in [0.25, 0.3) is 0 Å². The zero-order valence-corrected chi connectivity index (χ0v) is 12.4. The highest BCUT2D eigenvalue weighted by Gasteiger charge is 2.41. The van der Waals surface area contributed by atoms with Crippen LogP contribution in [0.15, 0.2) is 0 Å². The molecule has 4 nitrogen and oxygen atoms in total. The van der Waals surface area contributed by atoms with Crippen LogP contribution in [-0.4, -0.2) is 37.4 Å². The smallest absolute Gasteiger partial charge is 0.312 e. The predicted molar refractivity (Wildman–Crippen MR) is 74.0 cm³/mol. The molecule has 2 unspecified atom stereocenters. The summed E-state index contributed by atoms with van der Waals surface area (Å²) in [4.78, 5) is 12.5. The number of piperidine rings is 1. The van der Waals surface area contributed by atoms with Crippen LogP contribution in [0.3, 0.4) is 0 Å². The standard InChI is InChI=1S/C15H27NO3/c1-4-15(5-7-16-8-6-15)14(17)19-13-9-11(2)18-12(3)10-13/h11-13,16H,4-10H2,1-3H3. The SMILES string of the molecule is CCC1(C(=O)OC2CC(C)OC(C)C2)CCNCC1. The van der Waals surface area contributed by atoms with Crippen molar-refractivity contribution in [1.29, 1.82) is 0 Å². The summed E-state index contributed by atoms with van der Waals surface area (Å²) >= 11 is 0. The van der Waals surface area contributed by atoms with Gasteiger partial charge in [-0.2, -0.15) is 0 Å². The van der Waals surface area contributed by atoms with E-state index in [0.29, 0.717) is 0 Å². The summed E-state index contributed by atoms with van der Waals surface area (Å²) in [7, 11) is 0. The lowest BCUT2D eigenvalue weighted by Gasteiger charge is -2.38. The third-order valence-corrected chi connectivity index (χ3v) is 4.60. The minimum Gasteiger partial charge on any atom is -0.462 e. The fourth-order valence-corrected chi connectivity index (χ4v) is 3.32. The maximum Gasteiger partial charge on any atom is 0.312 e. The van der Waals surface area contributed by atoms with E-state index >= 15 is 0 Å². The van der Waals surface area contributed by atoms with Crippen LogP contribution in [0.1, 0.15) is 52.9 Å². The van der Waals surface area contributed by atoms with Crippen molar-refractivity contribution >= 4 is 5.97 Å². The van der Waals surface area contributed by atoms with Crippen LogP contribution in [0.5, 0.6) is 0 Å². The van der Waals surface area contributed by atoms with Crippen molar-refractivity contribution in [2.24, 2.45) is 5.41 Å². The van der Waals surface area contributed by atoms with E-state index in [1.54, 1.807) is 0 Å². The van der Waals surface area contributed by atoms with Crippen LogP contribution in [0, 0.1) is 5.41 Å². The fraction of sp³-hybridized carbons (Fsp3) is 0.933. The highest BCUT2D eigenvalue weighted by atomic mass is 16.6. The van der Waals surface area contributed by atoms with E-state index in [4.69, 9.17) is 9.47 Å². The number of nitrogens with one attached hydrogen (secondary N) is 1. The van der Waals surface area contributed by atoms with Gasteiger partial charge in [0.2, 0.25) is 0 Å². The Morgan fingerprint density at radius 2 is 1.84 bits per heavy atom. The Bertz CT molecular complexity index is 303. The van der Waals surface area contributed by atoms with E-state index in [-0.39, 0.29) is 29.7 Å². The predicted octanol–water partition coefficient (Wildman–Crippen LogP) is 2.27. The quantitative estimate of drug-likeness (QED) is 0.798. The topological polar surface area (TPSA) is 47.6 Å². The van der Waals surface area contributed by atoms with E-state index < -0.39 is 0 Å². The van der Waals surface area contributed by atoms with Crippen LogP contribution in [0.4, 0.5) is 0 Å². The summed E-state index contributed by atoms with van der Waals surface area (Å²) in [5.41, 5.74) is -0.254. The number of ether oxygens (including phenoxy) is 2. The van der Waals surface area contributed by atoms with Gasteiger partial charge in [0.05, 0.1) is 17.6 Å². The maximum atomic E-state index is 12.5. The van der Waals surface area contributed by atoms with Crippen LogP contribution in [0.25, 0.3) is 0 Å². The molecule has 2 rings (SSSR count). The molecular weight excluding hydrogens is 242 g/mol. The van der Waals surface area contributed by atoms with E-state index in [1.165, 1.54) is 0 Å². The van der Waals surface area contributed by atoms with Crippen LogP contribution in [0.2, 0.25) is 0 Å². The lowest BCUT2D eigenvalue weighted by molar-refractivity contribution is -0.173. The molecule has 2 saturated heterocycles. The first-order chi connectivity index (χ1) is 9.05. The molecular formula is C15H27NO3. The molecule has 0 spiro atoms. The Balaban J connectivity index is 1.95. The second-order valence-corrected chi connectivity index (χ2v) is 6.14. The van der Waals surface area contributed by atoms with Crippen molar-refractivity contribution in [3.8, 4) is 0 Å². The molecule has 1 N–H and O–H groups in total. The van der Waals surface area contributed by atoms with Crippen molar-refractivity contribution in [3.63, 3.8) is 0 Å². The highest BCUT2D eigenvalue weighted by Crippen LogP contribution is 2.35. The average molecular weight is 269 g/mol. The minimum absolute atomic E-state index is 0.0165. The molecule has 0 aromatic carbocycles. The van der Waals surface area contributed by atoms with Gasteiger partial charge in [-0.05, 0) is 46.2 Å². The number of carbonyl (C=O) groups excluding carboxylic acids is 1. The lowest BCUT2D eigenvalue weighted by Crippen LogP contribution is -2.45. The van der Waals surface area contributed by atoms with Crippen LogP contribution in [-0.2, 0) is 14.3 Å². The number of hydrogen-bond donors (Lipinski definition) is 1. The molecule has 0 radical (unpaired) electrons. The van der Waals surface area contributed by atoms with Gasteiger partial charge in [0.15, 0.2) is 0 Å². The van der Waals surface area contributed by atoms with Gasteiger partial charge >= 0.3 is 5.97 Å². The molecule has 2 atom stereocenters. The molecule has 2 aliphatic heterocycles. The molecule has 0 saturated carbocycles. The Labute approximate surface area is 116 Å². The van der Waals surface area contributed by atoms with Crippen molar-refractivity contribution in [1.82, 2.24) is 5.32 Å². The molecule has 19 heavy (non-hydrogen) atoms. The first kappa shape index (κ1) is 14.8. The molecule has 2 aliphatic rings. The first-order valence-electron chi connectivity index (χ1n) is 7.63. The zero-order chi connectivity index (χ0) is 13.9. The second-order valence-electron chi connectivity index (χ2n) is 6.14. The third-order valence-electron chi connectivity index (χ3n) is 4.60. The summed E-state index contributed by atoms with van der Waals surface area (Å²) < 4.78 is 11.5. The zero-order valence-electron chi connectivity index (χ0n) is 12.4. The van der Waals surface area contributed by atoms with Gasteiger partial charge in [-0.15, -0.1) is 0 Å². The van der Waals surface area contributed by atoms with E-state index in [1.807, 2.05) is 0 Å². The summed E-state index contributed by atoms with van der Waals surface area (Å²) in [6.07, 6.45) is 4.74. The van der Waals surface area contributed by atoms with Gasteiger partial charge in [0, 0.05) is 12.8 Å². The molecule has 0 aromatic rings. The summed E-state index contributed by atoms with van der Waals surface area (Å²) in [6.45, 7) is 8.04. The number of hydrogen-bond acceptors (Lipinski definition) is 4. The van der Waals surface area contributed by atoms with Crippen molar-refractivity contribution in [3.05, 3.63) is 0 Å². The number of esters is 1. The number of rotatable bonds is 3. The van der Waals surface area contributed by atoms with Crippen molar-refractivity contribution < 1.29 is 14.3 Å². The Kier molecular flexibility index (Phi) is 4.85. The second kappa shape index (κ2) is 6.23. The van der Waals surface area contributed by atoms with Crippen molar-refractivity contribution in [2.45, 2.75) is 71.2 Å². The van der Waals surface area contributed by atoms with Gasteiger partial charge in [-0.1, -0.05) is 6.92 Å². The molecule has 0 bridgehead atoms. The Morgan fingerprint density at radius 3 is 2.37 bits per heavy atom. The Morgan fingerprint density at radius 1 is 1.26 bits per heavy atom. The molecule has 2 heterocycles. The van der Waals surface area contributed by atoms with Crippen LogP contribution >= 0.6 is 0 Å². The summed E-state index contributed by atoms with van der Waals surface area (Å²) in [5.74, 6) is 0.0165. The molecule has 0 aromatic heterocycles. The van der Waals surface area contributed by atoms with Gasteiger partial charge in [-0.3, -0.25) is 4.79 Å². The molecule has 0 amide bonds. The van der Waals surface area contributed by atoms with E-state index in [9.17, 15) is 4.79 Å². The molecule has 0 aliphatic carbocycles. The van der Waals surface area contributed by atoms with E-state index in [0.717, 1.165) is 45.2 Å². The first-order valence-corrected chi connectivity index (χ1v) is 7.63. The molecule has 4 heteroatoms. The van der Waals surface area contributed by atoms with Crippen molar-refractivity contribution in [2.75, 3.05) is 13.1 Å². The van der Waals surface area contributed by atoms with Gasteiger partial charge in [-0.25, -0.2) is 0 Å². The molecule has 110 valence electrons. The summed E-state index contributed by atoms with van der Waals surface area (Å²) in [5, 5.41) is 3.32. The lowest BCUT2D eigenvalue weighted by atomic mass is 9.76. The number of carbonyl (C=O) groups is 1. The minimum atomic E-state index is -0.254. The largest absolute Gasteiger partial charge is 0.462 e. The highest BCUT2D eigenvalue weighted by molar-refractivity contribution is 5.77. The maximum absolute atomic E-state index is 12.5. The van der Waals surface area contributed by atoms with Gasteiger partial charge < -0.3 is 14.8 Å². The van der Waals surface area contributed by atoms with Crippen LogP contribution < -0.4 is 5.32 Å². The average Bonchev–Trinajstić information content (AvgIpc) is 2.38. The van der Waals surface area contributed by atoms with Gasteiger partial charge in [0.1, 0.15) is 6.10 Å².